The summed E-state index contributed by atoms with van der Waals surface area (Å²) in [6, 6.07) is 4.83. The molecule has 5 heteroatoms. The Hall–Kier alpha value is -0.440. The Bertz CT molecular complexity index is 454. The minimum atomic E-state index is -0.202. The number of halogens is 3. The lowest BCUT2D eigenvalue weighted by molar-refractivity contribution is 0.0900. The van der Waals surface area contributed by atoms with Crippen LogP contribution in [0, 0.1) is 5.41 Å². The van der Waals surface area contributed by atoms with Gasteiger partial charge in [0.25, 0.3) is 5.91 Å². The van der Waals surface area contributed by atoms with Crippen molar-refractivity contribution >= 4 is 40.7 Å². The van der Waals surface area contributed by atoms with Gasteiger partial charge in [-0.05, 0) is 30.0 Å². The zero-order valence-electron chi connectivity index (χ0n) is 11.3. The lowest BCUT2D eigenvalue weighted by Crippen LogP contribution is -2.44. The molecule has 1 amide bonds. The van der Waals surface area contributed by atoms with Gasteiger partial charge in [-0.15, -0.1) is 11.6 Å². The lowest BCUT2D eigenvalue weighted by Gasteiger charge is -2.31. The lowest BCUT2D eigenvalue weighted by atomic mass is 9.85. The zero-order chi connectivity index (χ0) is 14.6. The van der Waals surface area contributed by atoms with Gasteiger partial charge in [-0.1, -0.05) is 44.0 Å². The molecule has 0 fully saturated rings. The van der Waals surface area contributed by atoms with Gasteiger partial charge in [-0.25, -0.2) is 0 Å². The van der Waals surface area contributed by atoms with Gasteiger partial charge in [0.1, 0.15) is 0 Å². The number of rotatable bonds is 4. The predicted octanol–water partition coefficient (Wildman–Crippen LogP) is 4.77. The smallest absolute Gasteiger partial charge is 0.253 e. The molecule has 0 spiro atoms. The van der Waals surface area contributed by atoms with Gasteiger partial charge in [0.05, 0.1) is 10.6 Å². The van der Waals surface area contributed by atoms with Crippen LogP contribution in [-0.4, -0.2) is 17.8 Å². The molecule has 0 heterocycles. The highest BCUT2D eigenvalue weighted by atomic mass is 35.5. The fourth-order valence-corrected chi connectivity index (χ4v) is 2.45. The van der Waals surface area contributed by atoms with Gasteiger partial charge in [-0.3, -0.25) is 4.79 Å². The number of hydrogen-bond donors (Lipinski definition) is 1. The van der Waals surface area contributed by atoms with E-state index in [9.17, 15) is 4.79 Å². The summed E-state index contributed by atoms with van der Waals surface area (Å²) in [4.78, 5) is 12.2. The van der Waals surface area contributed by atoms with Gasteiger partial charge >= 0.3 is 0 Å². The molecule has 19 heavy (non-hydrogen) atoms. The molecule has 0 saturated carbocycles. The van der Waals surface area contributed by atoms with Crippen molar-refractivity contribution in [2.75, 3.05) is 5.88 Å². The molecule has 106 valence electrons. The van der Waals surface area contributed by atoms with Crippen LogP contribution < -0.4 is 5.32 Å². The second-order valence-corrected chi connectivity index (χ2v) is 6.72. The van der Waals surface area contributed by atoms with Crippen LogP contribution in [-0.2, 0) is 0 Å². The molecule has 0 bridgehead atoms. The van der Waals surface area contributed by atoms with E-state index in [-0.39, 0.29) is 17.4 Å². The van der Waals surface area contributed by atoms with Crippen molar-refractivity contribution in [3.8, 4) is 0 Å². The number of amides is 1. The van der Waals surface area contributed by atoms with Crippen LogP contribution in [0.25, 0.3) is 0 Å². The van der Waals surface area contributed by atoms with Crippen molar-refractivity contribution in [3.63, 3.8) is 0 Å². The van der Waals surface area contributed by atoms with Crippen LogP contribution in [0.15, 0.2) is 18.2 Å². The van der Waals surface area contributed by atoms with Crippen LogP contribution in [0.4, 0.5) is 0 Å². The number of hydrogen-bond acceptors (Lipinski definition) is 1. The van der Waals surface area contributed by atoms with Crippen LogP contribution in [0.3, 0.4) is 0 Å². The maximum absolute atomic E-state index is 12.2. The Morgan fingerprint density at radius 1 is 1.32 bits per heavy atom. The molecule has 0 aliphatic rings. The molecule has 0 saturated heterocycles. The van der Waals surface area contributed by atoms with E-state index in [2.05, 4.69) is 26.1 Å². The molecular weight excluding hydrogens is 305 g/mol. The van der Waals surface area contributed by atoms with Crippen molar-refractivity contribution in [2.45, 2.75) is 33.2 Å². The van der Waals surface area contributed by atoms with E-state index in [1.54, 1.807) is 18.2 Å². The molecule has 1 rings (SSSR count). The number of nitrogens with one attached hydrogen (secondary N) is 1. The maximum atomic E-state index is 12.2. The third-order valence-corrected chi connectivity index (χ3v) is 3.69. The number of carbonyl (C=O) groups is 1. The van der Waals surface area contributed by atoms with Crippen LogP contribution >= 0.6 is 34.8 Å². The van der Waals surface area contributed by atoms with Crippen LogP contribution in [0.5, 0.6) is 0 Å². The summed E-state index contributed by atoms with van der Waals surface area (Å²) in [7, 11) is 0. The summed E-state index contributed by atoms with van der Waals surface area (Å²) in [5.74, 6) is 0.294. The molecule has 1 unspecified atom stereocenters. The number of alkyl halides is 1. The quantitative estimate of drug-likeness (QED) is 0.795. The van der Waals surface area contributed by atoms with Gasteiger partial charge in [0.15, 0.2) is 0 Å². The molecule has 0 radical (unpaired) electrons. The Morgan fingerprint density at radius 2 is 1.95 bits per heavy atom. The molecule has 1 aromatic rings. The molecule has 1 atom stereocenters. The fraction of sp³-hybridized carbons (Fsp3) is 0.500. The van der Waals surface area contributed by atoms with Crippen molar-refractivity contribution in [3.05, 3.63) is 33.8 Å². The second kappa shape index (κ2) is 6.83. The highest BCUT2D eigenvalue weighted by molar-refractivity contribution is 6.36. The molecule has 0 aliphatic heterocycles. The predicted molar refractivity (Wildman–Crippen MR) is 82.5 cm³/mol. The van der Waals surface area contributed by atoms with Crippen molar-refractivity contribution in [1.82, 2.24) is 5.32 Å². The van der Waals surface area contributed by atoms with Crippen LogP contribution in [0.1, 0.15) is 37.6 Å². The molecule has 2 nitrogen and oxygen atoms in total. The molecule has 1 N–H and O–H groups in total. The fourth-order valence-electron chi connectivity index (χ4n) is 1.74. The van der Waals surface area contributed by atoms with Gasteiger partial charge in [0.2, 0.25) is 0 Å². The largest absolute Gasteiger partial charge is 0.349 e. The number of benzene rings is 1. The van der Waals surface area contributed by atoms with Crippen molar-refractivity contribution in [1.29, 1.82) is 0 Å². The highest BCUT2D eigenvalue weighted by Gasteiger charge is 2.26. The molecule has 1 aromatic carbocycles. The summed E-state index contributed by atoms with van der Waals surface area (Å²) < 4.78 is 0. The van der Waals surface area contributed by atoms with Crippen molar-refractivity contribution < 1.29 is 4.79 Å². The first-order chi connectivity index (χ1) is 8.75. The van der Waals surface area contributed by atoms with E-state index in [1.165, 1.54) is 0 Å². The average molecular weight is 323 g/mol. The Balaban J connectivity index is 2.88. The Kier molecular flexibility index (Phi) is 5.97. The van der Waals surface area contributed by atoms with E-state index >= 15 is 0 Å². The standard InChI is InChI=1S/C14H18Cl3NO/c1-14(2,3)12(6-7-15)18-13(19)10-5-4-9(16)8-11(10)17/h4-5,8,12H,6-7H2,1-3H3,(H,18,19). The van der Waals surface area contributed by atoms with E-state index in [4.69, 9.17) is 34.8 Å². The first-order valence-electron chi connectivity index (χ1n) is 6.07. The first-order valence-corrected chi connectivity index (χ1v) is 7.36. The van der Waals surface area contributed by atoms with E-state index in [0.29, 0.717) is 27.9 Å². The Labute approximate surface area is 129 Å². The summed E-state index contributed by atoms with van der Waals surface area (Å²) >= 11 is 17.6. The van der Waals surface area contributed by atoms with Gasteiger partial charge < -0.3 is 5.32 Å². The Morgan fingerprint density at radius 3 is 2.42 bits per heavy atom. The second-order valence-electron chi connectivity index (χ2n) is 5.49. The minimum Gasteiger partial charge on any atom is -0.349 e. The SMILES string of the molecule is CC(C)(C)C(CCCl)NC(=O)c1ccc(Cl)cc1Cl. The molecule has 0 aromatic heterocycles. The topological polar surface area (TPSA) is 29.1 Å². The maximum Gasteiger partial charge on any atom is 0.253 e. The number of carbonyl (C=O) groups excluding carboxylic acids is 1. The third kappa shape index (κ3) is 4.87. The molecule has 0 aliphatic carbocycles. The normalized spacial score (nSPS) is 13.2. The summed E-state index contributed by atoms with van der Waals surface area (Å²) in [5.41, 5.74) is 0.360. The van der Waals surface area contributed by atoms with Crippen LogP contribution in [0.2, 0.25) is 10.0 Å². The highest BCUT2D eigenvalue weighted by Crippen LogP contribution is 2.25. The summed E-state index contributed by atoms with van der Waals surface area (Å²) in [6.07, 6.45) is 0.710. The van der Waals surface area contributed by atoms with E-state index in [1.807, 2.05) is 0 Å². The molecular formula is C14H18Cl3NO. The zero-order valence-corrected chi connectivity index (χ0v) is 13.5. The third-order valence-electron chi connectivity index (χ3n) is 2.92. The summed E-state index contributed by atoms with van der Waals surface area (Å²) in [5, 5.41) is 3.84. The monoisotopic (exact) mass is 321 g/mol. The first kappa shape index (κ1) is 16.6. The van der Waals surface area contributed by atoms with Gasteiger partial charge in [-0.2, -0.15) is 0 Å². The van der Waals surface area contributed by atoms with Gasteiger partial charge in [0, 0.05) is 16.9 Å². The van der Waals surface area contributed by atoms with E-state index in [0.717, 1.165) is 0 Å². The minimum absolute atomic E-state index is 0.00996. The average Bonchev–Trinajstić information content (AvgIpc) is 2.26. The summed E-state index contributed by atoms with van der Waals surface area (Å²) in [6.45, 7) is 6.19. The van der Waals surface area contributed by atoms with E-state index < -0.39 is 0 Å². The van der Waals surface area contributed by atoms with Crippen molar-refractivity contribution in [2.24, 2.45) is 5.41 Å².